The fraction of sp³-hybridized carbons (Fsp3) is 0.750. The molecular weight excluding hydrogens is 275 g/mol. The predicted octanol–water partition coefficient (Wildman–Crippen LogP) is 3.42. The molecule has 1 atom stereocenters. The molecule has 0 aliphatic carbocycles. The predicted molar refractivity (Wildman–Crippen MR) is 72.3 cm³/mol. The van der Waals surface area contributed by atoms with Crippen LogP contribution < -0.4 is 5.32 Å². The average Bonchev–Trinajstić information content (AvgIpc) is 2.58. The van der Waals surface area contributed by atoms with Crippen molar-refractivity contribution in [3.8, 4) is 0 Å². The molecule has 0 amide bonds. The molecule has 0 aliphatic heterocycles. The molecule has 0 saturated heterocycles. The monoisotopic (exact) mass is 295 g/mol. The molecule has 0 aromatic carbocycles. The maximum atomic E-state index is 12.0. The highest BCUT2D eigenvalue weighted by molar-refractivity contribution is 8.00. The number of rotatable bonds is 6. The number of nitrogens with one attached hydrogen (secondary N) is 1. The van der Waals surface area contributed by atoms with Gasteiger partial charge in [-0.25, -0.2) is 0 Å². The zero-order chi connectivity index (χ0) is 14.6. The van der Waals surface area contributed by atoms with Crippen molar-refractivity contribution in [1.82, 2.24) is 15.1 Å². The molecule has 1 aromatic rings. The number of thioether (sulfide) groups is 1. The molecule has 0 spiro atoms. The summed E-state index contributed by atoms with van der Waals surface area (Å²) >= 11 is 0.00552. The molecule has 0 bridgehead atoms. The minimum atomic E-state index is -4.15. The van der Waals surface area contributed by atoms with E-state index in [4.69, 9.17) is 0 Å². The third kappa shape index (κ3) is 4.72. The van der Waals surface area contributed by atoms with Gasteiger partial charge in [0.1, 0.15) is 0 Å². The fourth-order valence-electron chi connectivity index (χ4n) is 2.19. The Morgan fingerprint density at radius 1 is 1.37 bits per heavy atom. The summed E-state index contributed by atoms with van der Waals surface area (Å²) in [5.41, 5.74) is -1.06. The molecule has 1 unspecified atom stereocenters. The summed E-state index contributed by atoms with van der Waals surface area (Å²) < 4.78 is 37.9. The largest absolute Gasteiger partial charge is 0.441 e. The Bertz CT molecular complexity index is 415. The molecule has 110 valence electrons. The Balaban J connectivity index is 2.54. The standard InChI is InChI=1S/C12H20F3N3S/c1-5-18-10(4)11(9(3)17-18)8(2)16-6-7-19-12(13,14)15/h8,16H,5-7H2,1-4H3. The van der Waals surface area contributed by atoms with Crippen LogP contribution in [-0.2, 0) is 6.54 Å². The van der Waals surface area contributed by atoms with E-state index in [0.717, 1.165) is 23.5 Å². The van der Waals surface area contributed by atoms with Gasteiger partial charge in [0, 0.05) is 36.1 Å². The Kier molecular flexibility index (Phi) is 5.73. The van der Waals surface area contributed by atoms with Crippen LogP contribution in [0, 0.1) is 13.8 Å². The molecular formula is C12H20F3N3S. The summed E-state index contributed by atoms with van der Waals surface area (Å²) in [4.78, 5) is 0. The van der Waals surface area contributed by atoms with Gasteiger partial charge in [-0.1, -0.05) is 0 Å². The molecule has 0 aliphatic rings. The molecule has 1 aromatic heterocycles. The summed E-state index contributed by atoms with van der Waals surface area (Å²) in [6.07, 6.45) is 0. The number of nitrogens with zero attached hydrogens (tertiary/aromatic N) is 2. The van der Waals surface area contributed by atoms with Crippen molar-refractivity contribution in [2.75, 3.05) is 12.3 Å². The van der Waals surface area contributed by atoms with Gasteiger partial charge in [-0.05, 0) is 39.5 Å². The van der Waals surface area contributed by atoms with E-state index >= 15 is 0 Å². The van der Waals surface area contributed by atoms with Crippen LogP contribution in [0.5, 0.6) is 0 Å². The fourth-order valence-corrected chi connectivity index (χ4v) is 2.64. The van der Waals surface area contributed by atoms with Crippen molar-refractivity contribution in [2.45, 2.75) is 45.8 Å². The third-order valence-electron chi connectivity index (χ3n) is 2.99. The van der Waals surface area contributed by atoms with Crippen molar-refractivity contribution in [2.24, 2.45) is 0 Å². The van der Waals surface area contributed by atoms with E-state index < -0.39 is 5.51 Å². The van der Waals surface area contributed by atoms with E-state index in [1.165, 1.54) is 0 Å². The van der Waals surface area contributed by atoms with Gasteiger partial charge < -0.3 is 5.32 Å². The number of hydrogen-bond donors (Lipinski definition) is 1. The van der Waals surface area contributed by atoms with Crippen molar-refractivity contribution < 1.29 is 13.2 Å². The summed E-state index contributed by atoms with van der Waals surface area (Å²) in [7, 11) is 0. The third-order valence-corrected chi connectivity index (χ3v) is 3.72. The van der Waals surface area contributed by atoms with E-state index in [0.29, 0.717) is 6.54 Å². The summed E-state index contributed by atoms with van der Waals surface area (Å²) in [6.45, 7) is 9.00. The van der Waals surface area contributed by atoms with Gasteiger partial charge >= 0.3 is 5.51 Å². The van der Waals surface area contributed by atoms with Crippen LogP contribution in [0.2, 0.25) is 0 Å². The Labute approximate surface area is 115 Å². The number of halogens is 3. The van der Waals surface area contributed by atoms with Crippen molar-refractivity contribution >= 4 is 11.8 Å². The molecule has 1 N–H and O–H groups in total. The smallest absolute Gasteiger partial charge is 0.309 e. The molecule has 1 rings (SSSR count). The highest BCUT2D eigenvalue weighted by Gasteiger charge is 2.27. The lowest BCUT2D eigenvalue weighted by molar-refractivity contribution is -0.0327. The highest BCUT2D eigenvalue weighted by Crippen LogP contribution is 2.29. The number of aromatic nitrogens is 2. The molecule has 19 heavy (non-hydrogen) atoms. The van der Waals surface area contributed by atoms with Crippen molar-refractivity contribution in [1.29, 1.82) is 0 Å². The Morgan fingerprint density at radius 2 is 2.00 bits per heavy atom. The van der Waals surface area contributed by atoms with Gasteiger partial charge in [-0.15, -0.1) is 0 Å². The van der Waals surface area contributed by atoms with Crippen LogP contribution in [-0.4, -0.2) is 27.6 Å². The van der Waals surface area contributed by atoms with Crippen LogP contribution in [0.15, 0.2) is 0 Å². The topological polar surface area (TPSA) is 29.9 Å². The van der Waals surface area contributed by atoms with Crippen molar-refractivity contribution in [3.05, 3.63) is 17.0 Å². The van der Waals surface area contributed by atoms with Gasteiger partial charge in [-0.2, -0.15) is 18.3 Å². The highest BCUT2D eigenvalue weighted by atomic mass is 32.2. The maximum Gasteiger partial charge on any atom is 0.441 e. The second kappa shape index (κ2) is 6.65. The minimum Gasteiger partial charge on any atom is -0.309 e. The lowest BCUT2D eigenvalue weighted by Gasteiger charge is -2.15. The second-order valence-corrected chi connectivity index (χ2v) is 5.53. The molecule has 0 fully saturated rings. The lowest BCUT2D eigenvalue weighted by atomic mass is 10.1. The minimum absolute atomic E-state index is 0.00552. The maximum absolute atomic E-state index is 12.0. The Hall–Kier alpha value is -0.690. The second-order valence-electron chi connectivity index (χ2n) is 4.37. The molecule has 0 radical (unpaired) electrons. The van der Waals surface area contributed by atoms with Gasteiger partial charge in [0.15, 0.2) is 0 Å². The van der Waals surface area contributed by atoms with Crippen LogP contribution in [0.4, 0.5) is 13.2 Å². The first kappa shape index (κ1) is 16.4. The summed E-state index contributed by atoms with van der Waals surface area (Å²) in [5, 5.41) is 7.53. The molecule has 7 heteroatoms. The first-order valence-electron chi connectivity index (χ1n) is 6.24. The van der Waals surface area contributed by atoms with E-state index in [9.17, 15) is 13.2 Å². The van der Waals surface area contributed by atoms with Gasteiger partial charge in [0.2, 0.25) is 0 Å². The van der Waals surface area contributed by atoms with Gasteiger partial charge in [0.25, 0.3) is 0 Å². The molecule has 0 saturated carbocycles. The quantitative estimate of drug-likeness (QED) is 0.816. The van der Waals surface area contributed by atoms with Gasteiger partial charge in [0.05, 0.1) is 5.69 Å². The zero-order valence-electron chi connectivity index (χ0n) is 11.6. The summed E-state index contributed by atoms with van der Waals surface area (Å²) in [6, 6.07) is 0.00846. The number of alkyl halides is 3. The summed E-state index contributed by atoms with van der Waals surface area (Å²) in [5.74, 6) is 0.0217. The van der Waals surface area contributed by atoms with E-state index in [1.54, 1.807) is 0 Å². The average molecular weight is 295 g/mol. The van der Waals surface area contributed by atoms with E-state index in [1.807, 2.05) is 32.4 Å². The SMILES string of the molecule is CCn1nc(C)c(C(C)NCCSC(F)(F)F)c1C. The molecule has 1 heterocycles. The number of hydrogen-bond acceptors (Lipinski definition) is 3. The normalized spacial score (nSPS) is 13.8. The van der Waals surface area contributed by atoms with E-state index in [2.05, 4.69) is 10.4 Å². The van der Waals surface area contributed by atoms with E-state index in [-0.39, 0.29) is 23.6 Å². The van der Waals surface area contributed by atoms with Crippen LogP contribution in [0.3, 0.4) is 0 Å². The lowest BCUT2D eigenvalue weighted by Crippen LogP contribution is -2.23. The zero-order valence-corrected chi connectivity index (χ0v) is 12.5. The molecule has 3 nitrogen and oxygen atoms in total. The Morgan fingerprint density at radius 3 is 2.47 bits per heavy atom. The first-order chi connectivity index (χ1) is 8.76. The number of aryl methyl sites for hydroxylation is 2. The first-order valence-corrected chi connectivity index (χ1v) is 7.22. The van der Waals surface area contributed by atoms with Crippen molar-refractivity contribution in [3.63, 3.8) is 0 Å². The van der Waals surface area contributed by atoms with Crippen LogP contribution in [0.1, 0.15) is 36.8 Å². The van der Waals surface area contributed by atoms with Crippen LogP contribution >= 0.6 is 11.8 Å². The van der Waals surface area contributed by atoms with Gasteiger partial charge in [-0.3, -0.25) is 4.68 Å². The van der Waals surface area contributed by atoms with Crippen LogP contribution in [0.25, 0.3) is 0 Å².